The van der Waals surface area contributed by atoms with Gasteiger partial charge in [0, 0.05) is 46.5 Å². The number of nitrogens with zero attached hydrogens (tertiary/aromatic N) is 3. The Morgan fingerprint density at radius 3 is 2.29 bits per heavy atom. The minimum absolute atomic E-state index is 0.689. The van der Waals surface area contributed by atoms with E-state index in [1.54, 1.807) is 7.11 Å². The van der Waals surface area contributed by atoms with E-state index in [0.717, 1.165) is 65.0 Å². The summed E-state index contributed by atoms with van der Waals surface area (Å²) in [5.74, 6) is 1.06. The first kappa shape index (κ1) is 18.2. The van der Waals surface area contributed by atoms with Gasteiger partial charge >= 0.3 is 0 Å². The lowest BCUT2D eigenvalue weighted by Gasteiger charge is -2.23. The molecule has 0 saturated carbocycles. The molecule has 1 fully saturated rings. The third-order valence-electron chi connectivity index (χ3n) is 3.32. The number of hydrogen-bond acceptors (Lipinski definition) is 4. The average molecular weight is 301 g/mol. The molecule has 6 heteroatoms. The molecule has 0 aliphatic carbocycles. The summed E-state index contributed by atoms with van der Waals surface area (Å²) in [6.07, 6.45) is 1.05. The smallest absolute Gasteiger partial charge is 0.196 e. The third-order valence-corrected chi connectivity index (χ3v) is 3.32. The van der Waals surface area contributed by atoms with Crippen molar-refractivity contribution in [3.63, 3.8) is 0 Å². The SMILES string of the molecule is CCCOCCN=C1N(CCOC)CCN1CCOCC. The van der Waals surface area contributed by atoms with Crippen molar-refractivity contribution in [1.82, 2.24) is 9.80 Å². The molecule has 1 aliphatic heterocycles. The zero-order valence-corrected chi connectivity index (χ0v) is 13.8. The molecule has 1 heterocycles. The van der Waals surface area contributed by atoms with Crippen LogP contribution in [-0.2, 0) is 14.2 Å². The molecular weight excluding hydrogens is 270 g/mol. The first-order valence-corrected chi connectivity index (χ1v) is 8.02. The fourth-order valence-corrected chi connectivity index (χ4v) is 2.24. The molecule has 21 heavy (non-hydrogen) atoms. The van der Waals surface area contributed by atoms with Crippen LogP contribution in [0.1, 0.15) is 20.3 Å². The number of methoxy groups -OCH3 is 1. The monoisotopic (exact) mass is 301 g/mol. The molecule has 0 amide bonds. The molecular formula is C15H31N3O3. The summed E-state index contributed by atoms with van der Waals surface area (Å²) >= 11 is 0. The van der Waals surface area contributed by atoms with E-state index in [4.69, 9.17) is 19.2 Å². The van der Waals surface area contributed by atoms with Crippen LogP contribution in [-0.4, -0.2) is 88.6 Å². The van der Waals surface area contributed by atoms with Gasteiger partial charge in [-0.05, 0) is 13.3 Å². The van der Waals surface area contributed by atoms with E-state index in [1.165, 1.54) is 0 Å². The zero-order chi connectivity index (χ0) is 15.3. The number of aliphatic imine (C=N–C) groups is 1. The molecule has 1 rings (SSSR count). The highest BCUT2D eigenvalue weighted by atomic mass is 16.5. The van der Waals surface area contributed by atoms with Crippen LogP contribution < -0.4 is 0 Å². The molecule has 0 aromatic carbocycles. The van der Waals surface area contributed by atoms with Crippen LogP contribution in [0.15, 0.2) is 4.99 Å². The Balaban J connectivity index is 2.46. The number of ether oxygens (including phenoxy) is 3. The summed E-state index contributed by atoms with van der Waals surface area (Å²) in [6.45, 7) is 12.4. The van der Waals surface area contributed by atoms with Crippen molar-refractivity contribution < 1.29 is 14.2 Å². The molecule has 1 aliphatic rings. The zero-order valence-electron chi connectivity index (χ0n) is 13.8. The largest absolute Gasteiger partial charge is 0.383 e. The maximum Gasteiger partial charge on any atom is 0.196 e. The van der Waals surface area contributed by atoms with Gasteiger partial charge in [-0.1, -0.05) is 6.92 Å². The summed E-state index contributed by atoms with van der Waals surface area (Å²) in [5.41, 5.74) is 0. The van der Waals surface area contributed by atoms with Gasteiger partial charge in [0.25, 0.3) is 0 Å². The van der Waals surface area contributed by atoms with E-state index in [1.807, 2.05) is 6.92 Å². The minimum atomic E-state index is 0.689. The predicted octanol–water partition coefficient (Wildman–Crippen LogP) is 1.07. The van der Waals surface area contributed by atoms with E-state index in [-0.39, 0.29) is 0 Å². The molecule has 0 aromatic rings. The van der Waals surface area contributed by atoms with Crippen LogP contribution >= 0.6 is 0 Å². The molecule has 1 saturated heterocycles. The van der Waals surface area contributed by atoms with Crippen LogP contribution in [0.4, 0.5) is 0 Å². The molecule has 0 atom stereocenters. The standard InChI is InChI=1S/C15H31N3O3/c1-4-11-21-12-6-16-15-17(9-13-19-3)7-8-18(15)10-14-20-5-2/h4-14H2,1-3H3. The van der Waals surface area contributed by atoms with Gasteiger partial charge in [0.15, 0.2) is 5.96 Å². The van der Waals surface area contributed by atoms with Crippen LogP contribution in [0.25, 0.3) is 0 Å². The Morgan fingerprint density at radius 1 is 0.952 bits per heavy atom. The average Bonchev–Trinajstić information content (AvgIpc) is 2.87. The van der Waals surface area contributed by atoms with E-state index < -0.39 is 0 Å². The molecule has 0 unspecified atom stereocenters. The normalized spacial score (nSPS) is 17.2. The minimum Gasteiger partial charge on any atom is -0.383 e. The van der Waals surface area contributed by atoms with Crippen molar-refractivity contribution >= 4 is 5.96 Å². The Bertz CT molecular complexity index is 287. The van der Waals surface area contributed by atoms with Crippen LogP contribution in [0.2, 0.25) is 0 Å². The summed E-state index contributed by atoms with van der Waals surface area (Å²) in [7, 11) is 1.73. The number of rotatable bonds is 12. The van der Waals surface area contributed by atoms with E-state index in [2.05, 4.69) is 16.7 Å². The van der Waals surface area contributed by atoms with Crippen molar-refractivity contribution in [3.05, 3.63) is 0 Å². The number of guanidine groups is 1. The summed E-state index contributed by atoms with van der Waals surface area (Å²) in [4.78, 5) is 9.31. The Kier molecular flexibility index (Phi) is 10.2. The molecule has 0 aromatic heterocycles. The summed E-state index contributed by atoms with van der Waals surface area (Å²) < 4.78 is 16.1. The van der Waals surface area contributed by atoms with Gasteiger partial charge in [0.05, 0.1) is 26.4 Å². The van der Waals surface area contributed by atoms with Gasteiger partial charge in [-0.25, -0.2) is 0 Å². The van der Waals surface area contributed by atoms with E-state index in [0.29, 0.717) is 13.2 Å². The third kappa shape index (κ3) is 7.11. The second kappa shape index (κ2) is 11.8. The second-order valence-corrected chi connectivity index (χ2v) is 4.96. The van der Waals surface area contributed by atoms with Gasteiger partial charge in [0.1, 0.15) is 0 Å². The van der Waals surface area contributed by atoms with Gasteiger partial charge in [-0.3, -0.25) is 4.99 Å². The maximum absolute atomic E-state index is 5.50. The summed E-state index contributed by atoms with van der Waals surface area (Å²) in [5, 5.41) is 0. The highest BCUT2D eigenvalue weighted by Crippen LogP contribution is 2.09. The van der Waals surface area contributed by atoms with Gasteiger partial charge in [-0.15, -0.1) is 0 Å². The van der Waals surface area contributed by atoms with Gasteiger partial charge in [0.2, 0.25) is 0 Å². The number of hydrogen-bond donors (Lipinski definition) is 0. The second-order valence-electron chi connectivity index (χ2n) is 4.96. The van der Waals surface area contributed by atoms with Crippen molar-refractivity contribution in [1.29, 1.82) is 0 Å². The van der Waals surface area contributed by atoms with E-state index >= 15 is 0 Å². The Labute approximate surface area is 129 Å². The molecule has 0 spiro atoms. The molecule has 0 bridgehead atoms. The van der Waals surface area contributed by atoms with Gasteiger partial charge in [-0.2, -0.15) is 0 Å². The molecule has 0 radical (unpaired) electrons. The van der Waals surface area contributed by atoms with Gasteiger partial charge < -0.3 is 24.0 Å². The van der Waals surface area contributed by atoms with Crippen molar-refractivity contribution in [2.24, 2.45) is 4.99 Å². The molecule has 6 nitrogen and oxygen atoms in total. The maximum atomic E-state index is 5.50. The lowest BCUT2D eigenvalue weighted by molar-refractivity contribution is 0.133. The lowest BCUT2D eigenvalue weighted by Crippen LogP contribution is -2.37. The highest BCUT2D eigenvalue weighted by molar-refractivity contribution is 5.82. The first-order chi connectivity index (χ1) is 10.3. The summed E-state index contributed by atoms with van der Waals surface area (Å²) in [6, 6.07) is 0. The van der Waals surface area contributed by atoms with Crippen molar-refractivity contribution in [2.45, 2.75) is 20.3 Å². The predicted molar refractivity (Wildman–Crippen MR) is 84.9 cm³/mol. The fourth-order valence-electron chi connectivity index (χ4n) is 2.24. The fraction of sp³-hybridized carbons (Fsp3) is 0.933. The topological polar surface area (TPSA) is 46.5 Å². The Morgan fingerprint density at radius 2 is 1.67 bits per heavy atom. The Hall–Kier alpha value is -0.850. The van der Waals surface area contributed by atoms with E-state index in [9.17, 15) is 0 Å². The lowest BCUT2D eigenvalue weighted by atomic mass is 10.5. The molecule has 0 N–H and O–H groups in total. The quantitative estimate of drug-likeness (QED) is 0.505. The highest BCUT2D eigenvalue weighted by Gasteiger charge is 2.25. The van der Waals surface area contributed by atoms with Crippen LogP contribution in [0.5, 0.6) is 0 Å². The van der Waals surface area contributed by atoms with Crippen LogP contribution in [0, 0.1) is 0 Å². The van der Waals surface area contributed by atoms with Crippen molar-refractivity contribution in [3.8, 4) is 0 Å². The van der Waals surface area contributed by atoms with Crippen molar-refractivity contribution in [2.75, 3.05) is 72.9 Å². The first-order valence-electron chi connectivity index (χ1n) is 8.02. The van der Waals surface area contributed by atoms with Crippen LogP contribution in [0.3, 0.4) is 0 Å². The molecule has 124 valence electrons.